The van der Waals surface area contributed by atoms with Gasteiger partial charge in [-0.05, 0) is 38.0 Å². The van der Waals surface area contributed by atoms with Crippen LogP contribution in [-0.4, -0.2) is 25.9 Å². The van der Waals surface area contributed by atoms with Gasteiger partial charge < -0.3 is 14.8 Å². The number of rotatable bonds is 5. The molecule has 1 aliphatic rings. The summed E-state index contributed by atoms with van der Waals surface area (Å²) in [6.07, 6.45) is 2.22. The lowest BCUT2D eigenvalue weighted by atomic mass is 10.0. The summed E-state index contributed by atoms with van der Waals surface area (Å²) in [6.45, 7) is 4.48. The Morgan fingerprint density at radius 1 is 1.53 bits per heavy atom. The maximum atomic E-state index is 8.93. The number of hydrogen-bond acceptors (Lipinski definition) is 4. The second-order valence-corrected chi connectivity index (χ2v) is 5.14. The van der Waals surface area contributed by atoms with E-state index in [1.54, 1.807) is 13.2 Å². The molecular formula is C15H20N2O2. The third kappa shape index (κ3) is 3.46. The molecule has 2 rings (SSSR count). The van der Waals surface area contributed by atoms with Crippen LogP contribution >= 0.6 is 0 Å². The van der Waals surface area contributed by atoms with Gasteiger partial charge in [0.1, 0.15) is 5.75 Å². The number of methoxy groups -OCH3 is 1. The van der Waals surface area contributed by atoms with Crippen molar-refractivity contribution in [1.82, 2.24) is 5.32 Å². The Morgan fingerprint density at radius 3 is 3.00 bits per heavy atom. The van der Waals surface area contributed by atoms with Crippen LogP contribution in [0.1, 0.15) is 30.9 Å². The third-order valence-electron chi connectivity index (χ3n) is 3.52. The number of ether oxygens (including phenoxy) is 2. The van der Waals surface area contributed by atoms with Gasteiger partial charge in [-0.25, -0.2) is 0 Å². The Morgan fingerprint density at radius 2 is 2.37 bits per heavy atom. The molecule has 0 saturated carbocycles. The molecule has 19 heavy (non-hydrogen) atoms. The van der Waals surface area contributed by atoms with Crippen LogP contribution in [0.2, 0.25) is 0 Å². The molecule has 0 amide bonds. The smallest absolute Gasteiger partial charge is 0.123 e. The molecule has 0 aliphatic carbocycles. The predicted octanol–water partition coefficient (Wildman–Crippen LogP) is 2.23. The fourth-order valence-corrected chi connectivity index (χ4v) is 2.42. The molecule has 1 heterocycles. The fraction of sp³-hybridized carbons (Fsp3) is 0.533. The monoisotopic (exact) mass is 260 g/mol. The number of benzene rings is 1. The zero-order valence-electron chi connectivity index (χ0n) is 11.5. The summed E-state index contributed by atoms with van der Waals surface area (Å²) in [5.41, 5.74) is 1.60. The largest absolute Gasteiger partial charge is 0.496 e. The van der Waals surface area contributed by atoms with Crippen molar-refractivity contribution in [3.05, 3.63) is 29.3 Å². The van der Waals surface area contributed by atoms with Gasteiger partial charge in [0.2, 0.25) is 0 Å². The van der Waals surface area contributed by atoms with E-state index < -0.39 is 0 Å². The third-order valence-corrected chi connectivity index (χ3v) is 3.52. The van der Waals surface area contributed by atoms with E-state index in [2.05, 4.69) is 18.3 Å². The number of nitrogens with zero attached hydrogens (tertiary/aromatic N) is 1. The van der Waals surface area contributed by atoms with E-state index in [4.69, 9.17) is 14.7 Å². The molecule has 4 heteroatoms. The molecular weight excluding hydrogens is 240 g/mol. The van der Waals surface area contributed by atoms with Gasteiger partial charge in [0.25, 0.3) is 0 Å². The van der Waals surface area contributed by atoms with Crippen molar-refractivity contribution in [2.75, 3.05) is 20.3 Å². The highest BCUT2D eigenvalue weighted by atomic mass is 16.5. The number of nitriles is 1. The van der Waals surface area contributed by atoms with Gasteiger partial charge >= 0.3 is 0 Å². The lowest BCUT2D eigenvalue weighted by molar-refractivity contribution is 0.0206. The summed E-state index contributed by atoms with van der Waals surface area (Å²) >= 11 is 0. The average molecular weight is 260 g/mol. The quantitative estimate of drug-likeness (QED) is 0.882. The topological polar surface area (TPSA) is 54.3 Å². The van der Waals surface area contributed by atoms with Gasteiger partial charge in [-0.15, -0.1) is 0 Å². The summed E-state index contributed by atoms with van der Waals surface area (Å²) < 4.78 is 11.0. The Bertz CT molecular complexity index is 474. The van der Waals surface area contributed by atoms with Crippen LogP contribution in [0.25, 0.3) is 0 Å². The maximum absolute atomic E-state index is 8.93. The molecule has 1 aromatic rings. The normalized spacial score (nSPS) is 22.2. The minimum absolute atomic E-state index is 0.0555. The summed E-state index contributed by atoms with van der Waals surface area (Å²) in [5, 5.41) is 12.3. The molecule has 0 radical (unpaired) electrons. The molecule has 0 aromatic heterocycles. The van der Waals surface area contributed by atoms with Gasteiger partial charge in [-0.2, -0.15) is 5.26 Å². The van der Waals surface area contributed by atoms with Crippen LogP contribution in [-0.2, 0) is 11.3 Å². The Labute approximate surface area is 114 Å². The van der Waals surface area contributed by atoms with E-state index in [9.17, 15) is 0 Å². The Hall–Kier alpha value is -1.57. The van der Waals surface area contributed by atoms with Gasteiger partial charge in [-0.1, -0.05) is 0 Å². The zero-order valence-corrected chi connectivity index (χ0v) is 11.5. The molecule has 1 saturated heterocycles. The molecule has 102 valence electrons. The lowest BCUT2D eigenvalue weighted by Crippen LogP contribution is -2.36. The Balaban J connectivity index is 1.96. The van der Waals surface area contributed by atoms with E-state index in [-0.39, 0.29) is 5.60 Å². The van der Waals surface area contributed by atoms with Gasteiger partial charge in [-0.3, -0.25) is 0 Å². The first-order valence-electron chi connectivity index (χ1n) is 6.58. The highest BCUT2D eigenvalue weighted by molar-refractivity contribution is 5.41. The summed E-state index contributed by atoms with van der Waals surface area (Å²) in [4.78, 5) is 0. The molecule has 1 unspecified atom stereocenters. The van der Waals surface area contributed by atoms with Gasteiger partial charge in [0.05, 0.1) is 24.3 Å². The van der Waals surface area contributed by atoms with Crippen LogP contribution in [0, 0.1) is 11.3 Å². The molecule has 0 bridgehead atoms. The highest BCUT2D eigenvalue weighted by Gasteiger charge is 2.29. The van der Waals surface area contributed by atoms with E-state index >= 15 is 0 Å². The van der Waals surface area contributed by atoms with Crippen LogP contribution in [0.3, 0.4) is 0 Å². The second kappa shape index (κ2) is 6.05. The van der Waals surface area contributed by atoms with E-state index in [1.165, 1.54) is 0 Å². The maximum Gasteiger partial charge on any atom is 0.123 e. The predicted molar refractivity (Wildman–Crippen MR) is 73.0 cm³/mol. The minimum atomic E-state index is -0.0555. The van der Waals surface area contributed by atoms with Crippen molar-refractivity contribution in [3.63, 3.8) is 0 Å². The van der Waals surface area contributed by atoms with Crippen molar-refractivity contribution in [2.24, 2.45) is 0 Å². The Kier molecular flexibility index (Phi) is 4.41. The summed E-state index contributed by atoms with van der Waals surface area (Å²) in [5.74, 6) is 0.809. The van der Waals surface area contributed by atoms with Crippen molar-refractivity contribution >= 4 is 0 Å². The first kappa shape index (κ1) is 13.9. The first-order chi connectivity index (χ1) is 9.17. The number of nitrogens with one attached hydrogen (secondary N) is 1. The molecule has 4 nitrogen and oxygen atoms in total. The molecule has 1 aromatic carbocycles. The van der Waals surface area contributed by atoms with E-state index in [0.717, 1.165) is 37.3 Å². The molecule has 1 aliphatic heterocycles. The van der Waals surface area contributed by atoms with E-state index in [1.807, 2.05) is 12.1 Å². The highest BCUT2D eigenvalue weighted by Crippen LogP contribution is 2.24. The minimum Gasteiger partial charge on any atom is -0.496 e. The summed E-state index contributed by atoms with van der Waals surface area (Å²) in [6, 6.07) is 7.62. The molecule has 0 spiro atoms. The second-order valence-electron chi connectivity index (χ2n) is 5.14. The van der Waals surface area contributed by atoms with Crippen molar-refractivity contribution in [2.45, 2.75) is 31.9 Å². The van der Waals surface area contributed by atoms with Gasteiger partial charge in [0.15, 0.2) is 0 Å². The molecule has 1 N–H and O–H groups in total. The van der Waals surface area contributed by atoms with Crippen molar-refractivity contribution in [1.29, 1.82) is 5.26 Å². The average Bonchev–Trinajstić information content (AvgIpc) is 2.85. The first-order valence-corrected chi connectivity index (χ1v) is 6.58. The SMILES string of the molecule is COc1ccc(C#N)cc1CNCC1(C)CCCO1. The van der Waals surface area contributed by atoms with E-state index in [0.29, 0.717) is 12.1 Å². The van der Waals surface area contributed by atoms with Crippen LogP contribution in [0.5, 0.6) is 5.75 Å². The van der Waals surface area contributed by atoms with Crippen molar-refractivity contribution < 1.29 is 9.47 Å². The van der Waals surface area contributed by atoms with Gasteiger partial charge in [0, 0.05) is 25.3 Å². The standard InChI is InChI=1S/C15H20N2O2/c1-15(6-3-7-19-15)11-17-10-13-8-12(9-16)4-5-14(13)18-2/h4-5,8,17H,3,6-7,10-11H2,1-2H3. The van der Waals surface area contributed by atoms with Crippen molar-refractivity contribution in [3.8, 4) is 11.8 Å². The number of hydrogen-bond donors (Lipinski definition) is 1. The fourth-order valence-electron chi connectivity index (χ4n) is 2.42. The zero-order chi connectivity index (χ0) is 13.7. The van der Waals surface area contributed by atoms with Crippen LogP contribution in [0.4, 0.5) is 0 Å². The van der Waals surface area contributed by atoms with Crippen LogP contribution < -0.4 is 10.1 Å². The molecule has 1 fully saturated rings. The summed E-state index contributed by atoms with van der Waals surface area (Å²) in [7, 11) is 1.65. The molecule has 1 atom stereocenters. The van der Waals surface area contributed by atoms with Crippen LogP contribution in [0.15, 0.2) is 18.2 Å². The lowest BCUT2D eigenvalue weighted by Gasteiger charge is -2.23.